The molecule has 1 unspecified atom stereocenters. The lowest BCUT2D eigenvalue weighted by Gasteiger charge is -2.09. The van der Waals surface area contributed by atoms with Crippen LogP contribution in [0.1, 0.15) is 18.4 Å². The first-order chi connectivity index (χ1) is 8.58. The number of rotatable bonds is 3. The second-order valence-corrected chi connectivity index (χ2v) is 4.19. The van der Waals surface area contributed by atoms with Gasteiger partial charge in [0.15, 0.2) is 0 Å². The summed E-state index contributed by atoms with van der Waals surface area (Å²) in [6.45, 7) is 1.64. The number of benzene rings is 2. The van der Waals surface area contributed by atoms with E-state index in [1.54, 1.807) is 25.1 Å². The lowest BCUT2D eigenvalue weighted by molar-refractivity contribution is -0.138. The van der Waals surface area contributed by atoms with Gasteiger partial charge >= 0.3 is 5.97 Å². The van der Waals surface area contributed by atoms with Crippen LogP contribution in [0.4, 0.5) is 4.39 Å². The molecule has 92 valence electrons. The van der Waals surface area contributed by atoms with Crippen molar-refractivity contribution < 1.29 is 14.3 Å². The summed E-state index contributed by atoms with van der Waals surface area (Å²) in [4.78, 5) is 10.9. The fourth-order valence-electron chi connectivity index (χ4n) is 1.77. The Kier molecular flexibility index (Phi) is 3.42. The van der Waals surface area contributed by atoms with Gasteiger partial charge < -0.3 is 5.11 Å². The highest BCUT2D eigenvalue weighted by Crippen LogP contribution is 2.24. The van der Waals surface area contributed by atoms with Gasteiger partial charge in [0.25, 0.3) is 0 Å². The van der Waals surface area contributed by atoms with E-state index in [2.05, 4.69) is 0 Å². The van der Waals surface area contributed by atoms with Crippen LogP contribution < -0.4 is 0 Å². The summed E-state index contributed by atoms with van der Waals surface area (Å²) in [5, 5.41) is 8.98. The van der Waals surface area contributed by atoms with Gasteiger partial charge in [0, 0.05) is 0 Å². The largest absolute Gasteiger partial charge is 0.481 e. The molecular weight excluding hydrogens is 231 g/mol. The van der Waals surface area contributed by atoms with Gasteiger partial charge in [-0.1, -0.05) is 36.4 Å². The average molecular weight is 244 g/mol. The molecule has 0 heterocycles. The maximum atomic E-state index is 12.8. The van der Waals surface area contributed by atoms with Crippen LogP contribution in [0.3, 0.4) is 0 Å². The van der Waals surface area contributed by atoms with Crippen LogP contribution in [-0.2, 0) is 4.79 Å². The summed E-state index contributed by atoms with van der Waals surface area (Å²) in [6.07, 6.45) is 0. The molecule has 3 heteroatoms. The number of carboxylic acids is 1. The first kappa shape index (κ1) is 12.3. The van der Waals surface area contributed by atoms with Crippen LogP contribution in [-0.4, -0.2) is 11.1 Å². The minimum Gasteiger partial charge on any atom is -0.481 e. The topological polar surface area (TPSA) is 37.3 Å². The smallest absolute Gasteiger partial charge is 0.310 e. The Morgan fingerprint density at radius 1 is 1.11 bits per heavy atom. The Morgan fingerprint density at radius 3 is 2.39 bits per heavy atom. The molecule has 0 aliphatic rings. The zero-order chi connectivity index (χ0) is 13.1. The minimum absolute atomic E-state index is 0.284. The highest BCUT2D eigenvalue weighted by Gasteiger charge is 2.13. The standard InChI is InChI=1S/C15H13FO2/c1-10(15(17)18)12-3-2-4-13(9-12)11-5-7-14(16)8-6-11/h2-10H,1H3,(H,17,18). The SMILES string of the molecule is CC(C(=O)O)c1cccc(-c2ccc(F)cc2)c1. The van der Waals surface area contributed by atoms with Gasteiger partial charge in [-0.25, -0.2) is 4.39 Å². The first-order valence-electron chi connectivity index (χ1n) is 5.66. The Labute approximate surface area is 105 Å². The van der Waals surface area contributed by atoms with Crippen molar-refractivity contribution in [2.75, 3.05) is 0 Å². The van der Waals surface area contributed by atoms with Crippen molar-refractivity contribution >= 4 is 5.97 Å². The van der Waals surface area contributed by atoms with Gasteiger partial charge in [-0.05, 0) is 35.7 Å². The Bertz CT molecular complexity index is 561. The highest BCUT2D eigenvalue weighted by molar-refractivity contribution is 5.76. The zero-order valence-corrected chi connectivity index (χ0v) is 9.93. The number of carboxylic acid groups (broad SMARTS) is 1. The van der Waals surface area contributed by atoms with E-state index in [0.29, 0.717) is 0 Å². The Balaban J connectivity index is 2.38. The van der Waals surface area contributed by atoms with Crippen LogP contribution >= 0.6 is 0 Å². The molecule has 2 aromatic rings. The number of carbonyl (C=O) groups is 1. The van der Waals surface area contributed by atoms with Crippen LogP contribution in [0.25, 0.3) is 11.1 Å². The molecule has 2 aromatic carbocycles. The zero-order valence-electron chi connectivity index (χ0n) is 9.93. The van der Waals surface area contributed by atoms with E-state index >= 15 is 0 Å². The molecular formula is C15H13FO2. The summed E-state index contributed by atoms with van der Waals surface area (Å²) in [5.41, 5.74) is 2.50. The van der Waals surface area contributed by atoms with Crippen molar-refractivity contribution in [1.29, 1.82) is 0 Å². The molecule has 2 nitrogen and oxygen atoms in total. The molecule has 1 atom stereocenters. The van der Waals surface area contributed by atoms with Crippen molar-refractivity contribution in [1.82, 2.24) is 0 Å². The monoisotopic (exact) mass is 244 g/mol. The Hall–Kier alpha value is -2.16. The van der Waals surface area contributed by atoms with Crippen LogP contribution in [0.15, 0.2) is 48.5 Å². The summed E-state index contributed by atoms with van der Waals surface area (Å²) < 4.78 is 12.8. The average Bonchev–Trinajstić information content (AvgIpc) is 2.38. The molecule has 0 fully saturated rings. The van der Waals surface area contributed by atoms with Crippen LogP contribution in [0.2, 0.25) is 0 Å². The maximum absolute atomic E-state index is 12.8. The van der Waals surface area contributed by atoms with Gasteiger partial charge in [-0.15, -0.1) is 0 Å². The van der Waals surface area contributed by atoms with Gasteiger partial charge in [0.1, 0.15) is 5.82 Å². The summed E-state index contributed by atoms with van der Waals surface area (Å²) in [7, 11) is 0. The molecule has 0 radical (unpaired) electrons. The third kappa shape index (κ3) is 2.56. The summed E-state index contributed by atoms with van der Waals surface area (Å²) in [6, 6.07) is 13.4. The van der Waals surface area contributed by atoms with E-state index in [4.69, 9.17) is 5.11 Å². The van der Waals surface area contributed by atoms with Gasteiger partial charge in [-0.3, -0.25) is 4.79 Å². The Morgan fingerprint density at radius 2 is 1.78 bits per heavy atom. The lowest BCUT2D eigenvalue weighted by atomic mass is 9.96. The third-order valence-electron chi connectivity index (χ3n) is 2.93. The van der Waals surface area contributed by atoms with Crippen LogP contribution in [0, 0.1) is 5.82 Å². The molecule has 1 N–H and O–H groups in total. The molecule has 18 heavy (non-hydrogen) atoms. The molecule has 0 spiro atoms. The van der Waals surface area contributed by atoms with Gasteiger partial charge in [-0.2, -0.15) is 0 Å². The second-order valence-electron chi connectivity index (χ2n) is 4.19. The predicted octanol–water partition coefficient (Wildman–Crippen LogP) is 3.68. The van der Waals surface area contributed by atoms with Crippen molar-refractivity contribution in [2.45, 2.75) is 12.8 Å². The highest BCUT2D eigenvalue weighted by atomic mass is 19.1. The molecule has 0 aliphatic heterocycles. The van der Waals surface area contributed by atoms with E-state index in [1.165, 1.54) is 12.1 Å². The maximum Gasteiger partial charge on any atom is 0.310 e. The van der Waals surface area contributed by atoms with Crippen molar-refractivity contribution in [3.8, 4) is 11.1 Å². The number of hydrogen-bond donors (Lipinski definition) is 1. The van der Waals surface area contributed by atoms with E-state index in [1.807, 2.05) is 18.2 Å². The molecule has 0 bridgehead atoms. The molecule has 0 aromatic heterocycles. The number of aliphatic carboxylic acids is 1. The molecule has 0 aliphatic carbocycles. The fourth-order valence-corrected chi connectivity index (χ4v) is 1.77. The molecule has 0 saturated carbocycles. The number of halogens is 1. The minimum atomic E-state index is -0.855. The molecule has 0 amide bonds. The normalized spacial score (nSPS) is 12.1. The lowest BCUT2D eigenvalue weighted by Crippen LogP contribution is -2.07. The van der Waals surface area contributed by atoms with E-state index < -0.39 is 11.9 Å². The van der Waals surface area contributed by atoms with Crippen molar-refractivity contribution in [2.24, 2.45) is 0 Å². The van der Waals surface area contributed by atoms with E-state index in [0.717, 1.165) is 16.7 Å². The third-order valence-corrected chi connectivity index (χ3v) is 2.93. The number of hydrogen-bond acceptors (Lipinski definition) is 1. The van der Waals surface area contributed by atoms with E-state index in [9.17, 15) is 9.18 Å². The first-order valence-corrected chi connectivity index (χ1v) is 5.66. The summed E-state index contributed by atoms with van der Waals surface area (Å²) >= 11 is 0. The van der Waals surface area contributed by atoms with E-state index in [-0.39, 0.29) is 5.82 Å². The molecule has 0 saturated heterocycles. The van der Waals surface area contributed by atoms with Gasteiger partial charge in [0.2, 0.25) is 0 Å². The fraction of sp³-hybridized carbons (Fsp3) is 0.133. The second kappa shape index (κ2) is 5.00. The van der Waals surface area contributed by atoms with Crippen molar-refractivity contribution in [3.05, 3.63) is 59.9 Å². The van der Waals surface area contributed by atoms with Crippen molar-refractivity contribution in [3.63, 3.8) is 0 Å². The van der Waals surface area contributed by atoms with Gasteiger partial charge in [0.05, 0.1) is 5.92 Å². The predicted molar refractivity (Wildman–Crippen MR) is 67.9 cm³/mol. The van der Waals surface area contributed by atoms with Crippen LogP contribution in [0.5, 0.6) is 0 Å². The quantitative estimate of drug-likeness (QED) is 0.894. The summed E-state index contributed by atoms with van der Waals surface area (Å²) in [5.74, 6) is -1.69. The molecule has 2 rings (SSSR count).